The van der Waals surface area contributed by atoms with Crippen LogP contribution in [0.5, 0.6) is 0 Å². The number of benzene rings is 1. The third-order valence-electron chi connectivity index (χ3n) is 2.27. The van der Waals surface area contributed by atoms with Gasteiger partial charge in [0.15, 0.2) is 0 Å². The van der Waals surface area contributed by atoms with E-state index in [1.54, 1.807) is 0 Å². The standard InChI is InChI=1S/C10H12N2O.ClH/c11-10(6-7-10)9(13)12-8-4-2-1-3-5-8;/h1-5H,6-7,11H2,(H,12,13);1H. The summed E-state index contributed by atoms with van der Waals surface area (Å²) in [7, 11) is 0. The summed E-state index contributed by atoms with van der Waals surface area (Å²) in [5.41, 5.74) is 5.95. The molecule has 1 saturated carbocycles. The number of amides is 1. The quantitative estimate of drug-likeness (QED) is 0.782. The van der Waals surface area contributed by atoms with Gasteiger partial charge in [0.2, 0.25) is 5.91 Å². The number of nitrogens with one attached hydrogen (secondary N) is 1. The molecule has 14 heavy (non-hydrogen) atoms. The fraction of sp³-hybridized carbons (Fsp3) is 0.300. The van der Waals surface area contributed by atoms with Crippen molar-refractivity contribution in [3.63, 3.8) is 0 Å². The van der Waals surface area contributed by atoms with E-state index in [0.717, 1.165) is 18.5 Å². The van der Waals surface area contributed by atoms with E-state index >= 15 is 0 Å². The summed E-state index contributed by atoms with van der Waals surface area (Å²) in [6.07, 6.45) is 1.59. The maximum absolute atomic E-state index is 11.5. The highest BCUT2D eigenvalue weighted by molar-refractivity contribution is 5.99. The largest absolute Gasteiger partial charge is 0.324 e. The Morgan fingerprint density at radius 2 is 1.86 bits per heavy atom. The van der Waals surface area contributed by atoms with Gasteiger partial charge in [0.1, 0.15) is 0 Å². The minimum absolute atomic E-state index is 0. The Labute approximate surface area is 89.1 Å². The van der Waals surface area contributed by atoms with Gasteiger partial charge in [0.05, 0.1) is 5.54 Å². The molecular weight excluding hydrogens is 200 g/mol. The highest BCUT2D eigenvalue weighted by Crippen LogP contribution is 2.33. The lowest BCUT2D eigenvalue weighted by molar-refractivity contribution is -0.118. The molecule has 76 valence electrons. The second-order valence-corrected chi connectivity index (χ2v) is 3.48. The fourth-order valence-electron chi connectivity index (χ4n) is 1.14. The molecule has 4 heteroatoms. The molecule has 3 N–H and O–H groups in total. The number of carbonyl (C=O) groups is 1. The molecular formula is C10H13ClN2O. The van der Waals surface area contributed by atoms with Crippen molar-refractivity contribution in [2.75, 3.05) is 5.32 Å². The molecule has 0 bridgehead atoms. The molecule has 1 aliphatic rings. The normalized spacial score (nSPS) is 16.6. The van der Waals surface area contributed by atoms with Crippen molar-refractivity contribution >= 4 is 24.0 Å². The van der Waals surface area contributed by atoms with Gasteiger partial charge in [-0.1, -0.05) is 18.2 Å². The predicted molar refractivity (Wildman–Crippen MR) is 58.5 cm³/mol. The fourth-order valence-corrected chi connectivity index (χ4v) is 1.14. The Morgan fingerprint density at radius 1 is 1.29 bits per heavy atom. The Balaban J connectivity index is 0.000000980. The molecule has 0 spiro atoms. The maximum Gasteiger partial charge on any atom is 0.244 e. The molecule has 1 aliphatic carbocycles. The monoisotopic (exact) mass is 212 g/mol. The molecule has 3 nitrogen and oxygen atoms in total. The van der Waals surface area contributed by atoms with Gasteiger partial charge in [0.25, 0.3) is 0 Å². The minimum Gasteiger partial charge on any atom is -0.324 e. The molecule has 0 saturated heterocycles. The summed E-state index contributed by atoms with van der Waals surface area (Å²) < 4.78 is 0. The van der Waals surface area contributed by atoms with Gasteiger partial charge in [-0.2, -0.15) is 0 Å². The molecule has 0 heterocycles. The van der Waals surface area contributed by atoms with Crippen molar-refractivity contribution < 1.29 is 4.79 Å². The van der Waals surface area contributed by atoms with Gasteiger partial charge in [-0.3, -0.25) is 4.79 Å². The Hall–Kier alpha value is -1.06. The van der Waals surface area contributed by atoms with Crippen LogP contribution in [0.25, 0.3) is 0 Å². The van der Waals surface area contributed by atoms with Gasteiger partial charge in [0, 0.05) is 5.69 Å². The van der Waals surface area contributed by atoms with Gasteiger partial charge in [-0.05, 0) is 25.0 Å². The van der Waals surface area contributed by atoms with Crippen molar-refractivity contribution in [3.05, 3.63) is 30.3 Å². The second kappa shape index (κ2) is 3.98. The summed E-state index contributed by atoms with van der Waals surface area (Å²) in [5, 5.41) is 2.78. The molecule has 1 aromatic rings. The first-order valence-corrected chi connectivity index (χ1v) is 4.36. The number of para-hydroxylation sites is 1. The smallest absolute Gasteiger partial charge is 0.244 e. The van der Waals surface area contributed by atoms with Crippen molar-refractivity contribution in [1.82, 2.24) is 0 Å². The summed E-state index contributed by atoms with van der Waals surface area (Å²) >= 11 is 0. The van der Waals surface area contributed by atoms with E-state index in [0.29, 0.717) is 0 Å². The first kappa shape index (κ1) is 11.0. The minimum atomic E-state index is -0.587. The number of nitrogens with two attached hydrogens (primary N) is 1. The number of hydrogen-bond donors (Lipinski definition) is 2. The predicted octanol–water partition coefficient (Wildman–Crippen LogP) is 1.54. The Kier molecular flexibility index (Phi) is 3.13. The van der Waals surface area contributed by atoms with Gasteiger partial charge < -0.3 is 11.1 Å². The third kappa shape index (κ3) is 2.25. The van der Waals surface area contributed by atoms with Crippen LogP contribution in [0.1, 0.15) is 12.8 Å². The average molecular weight is 213 g/mol. The Morgan fingerprint density at radius 3 is 2.36 bits per heavy atom. The van der Waals surface area contributed by atoms with Crippen LogP contribution in [0.3, 0.4) is 0 Å². The van der Waals surface area contributed by atoms with Crippen molar-refractivity contribution in [2.24, 2.45) is 5.73 Å². The Bertz CT molecular complexity index is 322. The van der Waals surface area contributed by atoms with E-state index in [1.165, 1.54) is 0 Å². The maximum atomic E-state index is 11.5. The number of hydrogen-bond acceptors (Lipinski definition) is 2. The summed E-state index contributed by atoms with van der Waals surface area (Å²) in [6.45, 7) is 0. The highest BCUT2D eigenvalue weighted by atomic mass is 35.5. The van der Waals surface area contributed by atoms with Gasteiger partial charge in [-0.25, -0.2) is 0 Å². The molecule has 1 amide bonds. The molecule has 0 aliphatic heterocycles. The molecule has 0 unspecified atom stereocenters. The molecule has 0 radical (unpaired) electrons. The first-order valence-electron chi connectivity index (χ1n) is 4.36. The zero-order valence-corrected chi connectivity index (χ0v) is 8.51. The van der Waals surface area contributed by atoms with E-state index in [2.05, 4.69) is 5.32 Å². The molecule has 1 fully saturated rings. The van der Waals surface area contributed by atoms with E-state index < -0.39 is 5.54 Å². The lowest BCUT2D eigenvalue weighted by Crippen LogP contribution is -2.37. The van der Waals surface area contributed by atoms with E-state index in [9.17, 15) is 4.79 Å². The van der Waals surface area contributed by atoms with Crippen molar-refractivity contribution in [2.45, 2.75) is 18.4 Å². The lowest BCUT2D eigenvalue weighted by atomic mass is 10.2. The summed E-state index contributed by atoms with van der Waals surface area (Å²) in [6, 6.07) is 9.37. The second-order valence-electron chi connectivity index (χ2n) is 3.48. The first-order chi connectivity index (χ1) is 6.21. The summed E-state index contributed by atoms with van der Waals surface area (Å²) in [4.78, 5) is 11.5. The number of anilines is 1. The van der Waals surface area contributed by atoms with Crippen LogP contribution >= 0.6 is 12.4 Å². The van der Waals surface area contributed by atoms with Crippen LogP contribution in [0, 0.1) is 0 Å². The molecule has 0 atom stereocenters. The molecule has 2 rings (SSSR count). The van der Waals surface area contributed by atoms with E-state index in [-0.39, 0.29) is 18.3 Å². The van der Waals surface area contributed by atoms with Crippen LogP contribution in [-0.4, -0.2) is 11.4 Å². The molecule has 1 aromatic carbocycles. The van der Waals surface area contributed by atoms with Crippen LogP contribution in [0.4, 0.5) is 5.69 Å². The van der Waals surface area contributed by atoms with E-state index in [1.807, 2.05) is 30.3 Å². The van der Waals surface area contributed by atoms with Gasteiger partial charge >= 0.3 is 0 Å². The molecule has 0 aromatic heterocycles. The number of rotatable bonds is 2. The van der Waals surface area contributed by atoms with Crippen molar-refractivity contribution in [1.29, 1.82) is 0 Å². The van der Waals surface area contributed by atoms with Crippen LogP contribution in [0.2, 0.25) is 0 Å². The summed E-state index contributed by atoms with van der Waals surface area (Å²) in [5.74, 6) is -0.0706. The van der Waals surface area contributed by atoms with E-state index in [4.69, 9.17) is 5.73 Å². The third-order valence-corrected chi connectivity index (χ3v) is 2.27. The van der Waals surface area contributed by atoms with Crippen LogP contribution in [0.15, 0.2) is 30.3 Å². The lowest BCUT2D eigenvalue weighted by Gasteiger charge is -2.09. The van der Waals surface area contributed by atoms with Gasteiger partial charge in [-0.15, -0.1) is 12.4 Å². The topological polar surface area (TPSA) is 55.1 Å². The highest BCUT2D eigenvalue weighted by Gasteiger charge is 2.45. The average Bonchev–Trinajstić information content (AvgIpc) is 2.87. The zero-order valence-electron chi connectivity index (χ0n) is 7.69. The number of carbonyl (C=O) groups excluding carboxylic acids is 1. The van der Waals surface area contributed by atoms with Crippen LogP contribution < -0.4 is 11.1 Å². The SMILES string of the molecule is Cl.NC1(C(=O)Nc2ccccc2)CC1. The number of halogens is 1. The van der Waals surface area contributed by atoms with Crippen LogP contribution in [-0.2, 0) is 4.79 Å². The van der Waals surface area contributed by atoms with Crippen molar-refractivity contribution in [3.8, 4) is 0 Å². The zero-order chi connectivity index (χ0) is 9.31.